The smallest absolute Gasteiger partial charge is 0.231 e. The van der Waals surface area contributed by atoms with Crippen molar-refractivity contribution in [2.45, 2.75) is 0 Å². The molecule has 5 aliphatic rings. The first kappa shape index (κ1) is 29.8. The van der Waals surface area contributed by atoms with Gasteiger partial charge in [-0.25, -0.2) is 0 Å². The Morgan fingerprint density at radius 2 is 0.732 bits per heavy atom. The van der Waals surface area contributed by atoms with Gasteiger partial charge in [0.15, 0.2) is 46.0 Å². The van der Waals surface area contributed by atoms with Gasteiger partial charge in [-0.2, -0.15) is 10.5 Å². The van der Waals surface area contributed by atoms with Gasteiger partial charge in [0.1, 0.15) is 33.3 Å². The van der Waals surface area contributed by atoms with Crippen LogP contribution in [-0.4, -0.2) is 44.1 Å². The van der Waals surface area contributed by atoms with E-state index in [-0.39, 0.29) is 32.5 Å². The highest BCUT2D eigenvalue weighted by Crippen LogP contribution is 2.45. The lowest BCUT2D eigenvalue weighted by atomic mass is 9.96. The molecule has 0 saturated heterocycles. The Labute approximate surface area is 251 Å². The molecule has 7 rings (SSSR count). The lowest BCUT2D eigenvalue weighted by Crippen LogP contribution is -2.18. The Kier molecular flexibility index (Phi) is 9.76. The highest BCUT2D eigenvalue weighted by molar-refractivity contribution is 6.59. The van der Waals surface area contributed by atoms with E-state index >= 15 is 0 Å². The van der Waals surface area contributed by atoms with Gasteiger partial charge in [0.05, 0.1) is 5.34 Å². The monoisotopic (exact) mass is 642 g/mol. The molecule has 4 aliphatic heterocycles. The maximum atomic E-state index is 11.2. The zero-order valence-corrected chi connectivity index (χ0v) is 23.4. The van der Waals surface area contributed by atoms with E-state index in [4.69, 9.17) is 94.8 Å². The summed E-state index contributed by atoms with van der Waals surface area (Å²) in [6.07, 6.45) is 0. The average Bonchev–Trinajstić information content (AvgIpc) is 3.79. The number of nitriles is 2. The molecule has 0 unspecified atom stereocenters. The summed E-state index contributed by atoms with van der Waals surface area (Å²) in [7, 11) is 0. The minimum absolute atomic E-state index is 0.194. The molecule has 0 fully saturated rings. The quantitative estimate of drug-likeness (QED) is 0.284. The topological polar surface area (TPSA) is 156 Å². The number of alkyl halides is 2. The van der Waals surface area contributed by atoms with Crippen molar-refractivity contribution in [1.82, 2.24) is 0 Å². The first-order chi connectivity index (χ1) is 19.8. The zero-order valence-electron chi connectivity index (χ0n) is 20.3. The van der Waals surface area contributed by atoms with Gasteiger partial charge in [-0.05, 0) is 0 Å². The molecule has 0 N–H and O–H groups in total. The van der Waals surface area contributed by atoms with Crippen LogP contribution in [0, 0.1) is 22.7 Å². The molecule has 4 heterocycles. The third-order valence-electron chi connectivity index (χ3n) is 5.25. The minimum atomic E-state index is -0.893. The lowest BCUT2D eigenvalue weighted by molar-refractivity contribution is -0.115. The highest BCUT2D eigenvalue weighted by Gasteiger charge is 2.33. The van der Waals surface area contributed by atoms with Crippen molar-refractivity contribution in [2.75, 3.05) is 32.5 Å². The number of ether oxygens (including phenoxy) is 8. The number of benzene rings is 2. The van der Waals surface area contributed by atoms with Crippen LogP contribution in [-0.2, 0) is 9.59 Å². The van der Waals surface area contributed by atoms with Crippen LogP contribution in [0.25, 0.3) is 0 Å². The number of carbonyl (C=O) groups excluding carboxylic acids is 2. The summed E-state index contributed by atoms with van der Waals surface area (Å²) in [6.45, 7) is 1.10. The molecule has 2 aromatic carbocycles. The fraction of sp³-hybridized carbons (Fsp3) is 0.200. The third-order valence-corrected chi connectivity index (χ3v) is 6.07. The van der Waals surface area contributed by atoms with Gasteiger partial charge >= 0.3 is 0 Å². The van der Waals surface area contributed by atoms with Crippen LogP contribution < -0.4 is 37.9 Å². The molecule has 0 atom stereocenters. The summed E-state index contributed by atoms with van der Waals surface area (Å²) in [5, 5.41) is 16.2. The van der Waals surface area contributed by atoms with E-state index in [0.29, 0.717) is 0 Å². The number of halogens is 4. The van der Waals surface area contributed by atoms with Gasteiger partial charge < -0.3 is 37.9 Å². The highest BCUT2D eigenvalue weighted by atomic mass is 35.5. The number of allylic oxidation sites excluding steroid dienone is 4. The molecule has 0 saturated carbocycles. The predicted octanol–water partition coefficient (Wildman–Crippen LogP) is 4.88. The maximum Gasteiger partial charge on any atom is 0.231 e. The molecule has 0 aromatic heterocycles. The number of hydrogen-bond acceptors (Lipinski definition) is 12. The maximum absolute atomic E-state index is 11.2. The van der Waals surface area contributed by atoms with E-state index < -0.39 is 32.8 Å². The van der Waals surface area contributed by atoms with E-state index in [0.717, 1.165) is 46.0 Å². The second-order valence-corrected chi connectivity index (χ2v) is 9.04. The molecule has 0 amide bonds. The molecular weight excluding hydrogens is 630 g/mol. The van der Waals surface area contributed by atoms with Crippen molar-refractivity contribution >= 4 is 58.0 Å². The largest absolute Gasteiger partial charge is 0.453 e. The predicted molar refractivity (Wildman–Crippen MR) is 141 cm³/mol. The van der Waals surface area contributed by atoms with Crippen LogP contribution >= 0.6 is 46.4 Å². The van der Waals surface area contributed by atoms with Crippen LogP contribution in [0.2, 0.25) is 0 Å². The first-order valence-corrected chi connectivity index (χ1v) is 12.8. The molecule has 0 bridgehead atoms. The van der Waals surface area contributed by atoms with Gasteiger partial charge in [0.2, 0.25) is 38.7 Å². The molecule has 212 valence electrons. The van der Waals surface area contributed by atoms with E-state index in [9.17, 15) is 9.59 Å². The van der Waals surface area contributed by atoms with E-state index in [1.54, 1.807) is 24.3 Å². The van der Waals surface area contributed by atoms with Crippen LogP contribution in [0.3, 0.4) is 0 Å². The van der Waals surface area contributed by atoms with Gasteiger partial charge in [-0.1, -0.05) is 23.2 Å². The molecule has 1 aliphatic carbocycles. The summed E-state index contributed by atoms with van der Waals surface area (Å²) >= 11 is 20.3. The van der Waals surface area contributed by atoms with Gasteiger partial charge in [0.25, 0.3) is 0 Å². The number of ketones is 2. The normalized spacial score (nSPS) is 16.0. The summed E-state index contributed by atoms with van der Waals surface area (Å²) in [5.74, 6) is 3.99. The van der Waals surface area contributed by atoms with Gasteiger partial charge in [-0.3, -0.25) is 9.59 Å². The zero-order chi connectivity index (χ0) is 29.5. The van der Waals surface area contributed by atoms with Crippen LogP contribution in [0.15, 0.2) is 45.5 Å². The average molecular weight is 644 g/mol. The fourth-order valence-electron chi connectivity index (χ4n) is 3.43. The molecule has 0 spiro atoms. The van der Waals surface area contributed by atoms with Crippen molar-refractivity contribution in [3.8, 4) is 58.1 Å². The molecule has 12 nitrogen and oxygen atoms in total. The molecular formula is C25H14Cl4N2O10. The molecule has 16 heteroatoms. The van der Waals surface area contributed by atoms with Crippen molar-refractivity contribution < 1.29 is 47.5 Å². The Morgan fingerprint density at radius 3 is 0.902 bits per heavy atom. The van der Waals surface area contributed by atoms with Gasteiger partial charge in [0, 0.05) is 24.3 Å². The standard InChI is InChI=1S/C8Cl2N2O2.2C8H6O4.CH2Cl2/c9-5-6(10)8(14)4(2-12)3(1-11)7(5)13;2*1-5-7(11-3-9-5)2-8-6(1)10-4-12-8;2-1-3/h;2*1-2H,3-4H2;1H2. The number of carbonyl (C=O) groups is 2. The second-order valence-electron chi connectivity index (χ2n) is 7.48. The minimum Gasteiger partial charge on any atom is -0.453 e. The molecule has 2 aromatic rings. The van der Waals surface area contributed by atoms with Crippen LogP contribution in [0.4, 0.5) is 0 Å². The van der Waals surface area contributed by atoms with Crippen molar-refractivity contribution in [3.05, 3.63) is 45.5 Å². The fourth-order valence-corrected chi connectivity index (χ4v) is 3.79. The van der Waals surface area contributed by atoms with E-state index in [1.807, 2.05) is 0 Å². The SMILES string of the molecule is ClCCl.N#CC1=C(C#N)C(=O)C(Cl)=C(Cl)C1=O.c1c2c(cc3c1OCO3)OCO2.c1c2c(cc3c1OCO3)OCO2. The number of hydrogen-bond donors (Lipinski definition) is 0. The summed E-state index contributed by atoms with van der Waals surface area (Å²) in [4.78, 5) is 22.4. The first-order valence-electron chi connectivity index (χ1n) is 11.0. The number of fused-ring (bicyclic) bond motifs is 4. The summed E-state index contributed by atoms with van der Waals surface area (Å²) < 4.78 is 41.3. The van der Waals surface area contributed by atoms with Gasteiger partial charge in [-0.15, -0.1) is 23.2 Å². The summed E-state index contributed by atoms with van der Waals surface area (Å²) in [6, 6.07) is 10.0. The van der Waals surface area contributed by atoms with Crippen molar-refractivity contribution in [2.24, 2.45) is 0 Å². The van der Waals surface area contributed by atoms with Crippen molar-refractivity contribution in [1.29, 1.82) is 10.5 Å². The Hall–Kier alpha value is -4.20. The molecule has 41 heavy (non-hydrogen) atoms. The van der Waals surface area contributed by atoms with E-state index in [2.05, 4.69) is 0 Å². The second kappa shape index (κ2) is 13.4. The third kappa shape index (κ3) is 6.42. The Balaban J connectivity index is 0.000000135. The Morgan fingerprint density at radius 1 is 0.537 bits per heavy atom. The number of Topliss-reactive ketones (excluding diaryl/α,β-unsaturated/α-hetero) is 2. The lowest BCUT2D eigenvalue weighted by Gasteiger charge is -2.08. The van der Waals surface area contributed by atoms with Crippen LogP contribution in [0.1, 0.15) is 0 Å². The summed E-state index contributed by atoms with van der Waals surface area (Å²) in [5.41, 5.74) is -1.13. The van der Waals surface area contributed by atoms with Crippen molar-refractivity contribution in [3.63, 3.8) is 0 Å². The molecule has 0 radical (unpaired) electrons. The Bertz CT molecular complexity index is 1310. The number of rotatable bonds is 0. The number of nitrogens with zero attached hydrogens (tertiary/aromatic N) is 2. The van der Waals surface area contributed by atoms with E-state index in [1.165, 1.54) is 12.1 Å². The van der Waals surface area contributed by atoms with Crippen LogP contribution in [0.5, 0.6) is 46.0 Å².